The van der Waals surface area contributed by atoms with Gasteiger partial charge in [-0.2, -0.15) is 4.31 Å². The molecule has 0 atom stereocenters. The van der Waals surface area contributed by atoms with E-state index in [1.807, 2.05) is 0 Å². The zero-order valence-electron chi connectivity index (χ0n) is 17.8. The molecule has 1 aromatic carbocycles. The minimum atomic E-state index is -3.64. The number of halogens is 1. The quantitative estimate of drug-likeness (QED) is 0.710. The summed E-state index contributed by atoms with van der Waals surface area (Å²) in [6.07, 6.45) is 2.84. The molecule has 2 aliphatic rings. The van der Waals surface area contributed by atoms with E-state index in [9.17, 15) is 18.0 Å². The number of nitrogens with one attached hydrogen (secondary N) is 1. The van der Waals surface area contributed by atoms with Gasteiger partial charge in [-0.3, -0.25) is 9.59 Å². The lowest BCUT2D eigenvalue weighted by Gasteiger charge is -2.32. The van der Waals surface area contributed by atoms with Crippen LogP contribution in [0.4, 0.5) is 0 Å². The topological polar surface area (TPSA) is 99.9 Å². The molecule has 2 amide bonds. The second-order valence-electron chi connectivity index (χ2n) is 8.20. The molecule has 0 aliphatic carbocycles. The molecule has 1 N–H and O–H groups in total. The van der Waals surface area contributed by atoms with Crippen molar-refractivity contribution in [1.82, 2.24) is 14.5 Å². The Hall–Kier alpha value is -2.36. The van der Waals surface area contributed by atoms with Gasteiger partial charge < -0.3 is 14.6 Å². The van der Waals surface area contributed by atoms with E-state index >= 15 is 0 Å². The minimum Gasteiger partial charge on any atom is -0.456 e. The number of likely N-dealkylation sites (tertiary alicyclic amines) is 1. The molecule has 172 valence electrons. The van der Waals surface area contributed by atoms with Crippen LogP contribution in [0.1, 0.15) is 52.4 Å². The first-order valence-corrected chi connectivity index (χ1v) is 12.5. The summed E-state index contributed by atoms with van der Waals surface area (Å²) in [5.74, 6) is 0.357. The van der Waals surface area contributed by atoms with Crippen LogP contribution in [0.2, 0.25) is 5.02 Å². The van der Waals surface area contributed by atoms with Crippen LogP contribution in [-0.2, 0) is 10.0 Å². The molecule has 10 heteroatoms. The molecular formula is C22H26ClN3O5S. The number of amides is 2. The molecule has 2 aliphatic heterocycles. The van der Waals surface area contributed by atoms with Crippen LogP contribution < -0.4 is 5.32 Å². The van der Waals surface area contributed by atoms with Crippen LogP contribution in [0, 0.1) is 6.92 Å². The maximum Gasteiger partial charge on any atom is 0.287 e. The Morgan fingerprint density at radius 1 is 1.06 bits per heavy atom. The summed E-state index contributed by atoms with van der Waals surface area (Å²) in [4.78, 5) is 27.1. The zero-order chi connectivity index (χ0) is 22.9. The SMILES string of the molecule is Cc1ccc(C(=O)NC2CCN(C(=O)c3cc(S(=O)(=O)N4CCCC4)ccc3Cl)CC2)o1. The third kappa shape index (κ3) is 4.69. The van der Waals surface area contributed by atoms with Gasteiger partial charge in [0, 0.05) is 32.2 Å². The van der Waals surface area contributed by atoms with Crippen molar-refractivity contribution < 1.29 is 22.4 Å². The van der Waals surface area contributed by atoms with Crippen LogP contribution in [-0.4, -0.2) is 61.7 Å². The second kappa shape index (κ2) is 9.25. The van der Waals surface area contributed by atoms with Crippen molar-refractivity contribution in [3.05, 3.63) is 52.4 Å². The van der Waals surface area contributed by atoms with Gasteiger partial charge in [0.2, 0.25) is 10.0 Å². The van der Waals surface area contributed by atoms with Crippen LogP contribution in [0.15, 0.2) is 39.6 Å². The highest BCUT2D eigenvalue weighted by Crippen LogP contribution is 2.27. The Bertz CT molecular complexity index is 1120. The van der Waals surface area contributed by atoms with E-state index < -0.39 is 10.0 Å². The summed E-state index contributed by atoms with van der Waals surface area (Å²) in [6, 6.07) is 7.59. The first kappa shape index (κ1) is 22.8. The van der Waals surface area contributed by atoms with Crippen molar-refractivity contribution in [1.29, 1.82) is 0 Å². The molecule has 2 fully saturated rings. The van der Waals surface area contributed by atoms with Gasteiger partial charge in [0.25, 0.3) is 11.8 Å². The van der Waals surface area contributed by atoms with Gasteiger partial charge in [0.1, 0.15) is 5.76 Å². The van der Waals surface area contributed by atoms with Crippen molar-refractivity contribution in [2.75, 3.05) is 26.2 Å². The highest BCUT2D eigenvalue weighted by molar-refractivity contribution is 7.89. The van der Waals surface area contributed by atoms with Gasteiger partial charge in [-0.05, 0) is 62.9 Å². The van der Waals surface area contributed by atoms with Crippen LogP contribution in [0.3, 0.4) is 0 Å². The van der Waals surface area contributed by atoms with E-state index in [0.717, 1.165) is 12.8 Å². The fourth-order valence-corrected chi connectivity index (χ4v) is 5.86. The van der Waals surface area contributed by atoms with E-state index in [-0.39, 0.29) is 39.1 Å². The van der Waals surface area contributed by atoms with Crippen LogP contribution >= 0.6 is 11.6 Å². The number of hydrogen-bond acceptors (Lipinski definition) is 5. The Morgan fingerprint density at radius 2 is 1.75 bits per heavy atom. The predicted molar refractivity (Wildman–Crippen MR) is 119 cm³/mol. The molecule has 4 rings (SSSR count). The molecule has 1 aromatic heterocycles. The molecule has 0 spiro atoms. The Labute approximate surface area is 192 Å². The average molecular weight is 480 g/mol. The number of piperidine rings is 1. The third-order valence-corrected chi connectivity index (χ3v) is 8.18. The van der Waals surface area contributed by atoms with Crippen molar-refractivity contribution in [2.24, 2.45) is 0 Å². The van der Waals surface area contributed by atoms with Crippen LogP contribution in [0.25, 0.3) is 0 Å². The van der Waals surface area contributed by atoms with Gasteiger partial charge in [-0.15, -0.1) is 0 Å². The van der Waals surface area contributed by atoms with Crippen molar-refractivity contribution in [2.45, 2.75) is 43.5 Å². The number of carbonyl (C=O) groups excluding carboxylic acids is 2. The first-order chi connectivity index (χ1) is 15.3. The number of rotatable bonds is 5. The predicted octanol–water partition coefficient (Wildman–Crippen LogP) is 3.06. The molecule has 0 unspecified atom stereocenters. The van der Waals surface area contributed by atoms with E-state index in [2.05, 4.69) is 5.32 Å². The maximum atomic E-state index is 13.1. The van der Waals surface area contributed by atoms with E-state index in [1.165, 1.54) is 22.5 Å². The molecule has 0 bridgehead atoms. The molecule has 0 radical (unpaired) electrons. The van der Waals surface area contributed by atoms with Crippen molar-refractivity contribution in [3.63, 3.8) is 0 Å². The number of benzene rings is 1. The summed E-state index contributed by atoms with van der Waals surface area (Å²) in [5, 5.41) is 3.16. The normalized spacial score (nSPS) is 18.1. The average Bonchev–Trinajstić information content (AvgIpc) is 3.46. The summed E-state index contributed by atoms with van der Waals surface area (Å²) in [6.45, 7) is 3.62. The Morgan fingerprint density at radius 3 is 2.38 bits per heavy atom. The number of furan rings is 1. The zero-order valence-corrected chi connectivity index (χ0v) is 19.4. The molecule has 3 heterocycles. The lowest BCUT2D eigenvalue weighted by molar-refractivity contribution is 0.0695. The summed E-state index contributed by atoms with van der Waals surface area (Å²) in [7, 11) is -3.64. The lowest BCUT2D eigenvalue weighted by Crippen LogP contribution is -2.46. The van der Waals surface area contributed by atoms with E-state index in [1.54, 1.807) is 24.0 Å². The van der Waals surface area contributed by atoms with Gasteiger partial charge >= 0.3 is 0 Å². The number of nitrogens with zero attached hydrogens (tertiary/aromatic N) is 2. The molecule has 2 saturated heterocycles. The molecule has 32 heavy (non-hydrogen) atoms. The number of sulfonamides is 1. The monoisotopic (exact) mass is 479 g/mol. The summed E-state index contributed by atoms with van der Waals surface area (Å²) < 4.78 is 32.5. The van der Waals surface area contributed by atoms with Gasteiger partial charge in [0.15, 0.2) is 5.76 Å². The van der Waals surface area contributed by atoms with Crippen molar-refractivity contribution >= 4 is 33.4 Å². The Balaban J connectivity index is 1.41. The first-order valence-electron chi connectivity index (χ1n) is 10.7. The van der Waals surface area contributed by atoms with E-state index in [0.29, 0.717) is 44.8 Å². The van der Waals surface area contributed by atoms with Gasteiger partial charge in [0.05, 0.1) is 15.5 Å². The van der Waals surface area contributed by atoms with E-state index in [4.69, 9.17) is 16.0 Å². The van der Waals surface area contributed by atoms with Gasteiger partial charge in [-0.25, -0.2) is 8.42 Å². The Kier molecular flexibility index (Phi) is 6.60. The number of carbonyl (C=O) groups is 2. The largest absolute Gasteiger partial charge is 0.456 e. The summed E-state index contributed by atoms with van der Waals surface area (Å²) in [5.41, 5.74) is 0.181. The maximum absolute atomic E-state index is 13.1. The molecule has 8 nitrogen and oxygen atoms in total. The number of aryl methyl sites for hydroxylation is 1. The third-order valence-electron chi connectivity index (χ3n) is 5.95. The van der Waals surface area contributed by atoms with Crippen LogP contribution in [0.5, 0.6) is 0 Å². The fourth-order valence-electron chi connectivity index (χ4n) is 4.12. The van der Waals surface area contributed by atoms with Gasteiger partial charge in [-0.1, -0.05) is 11.6 Å². The highest BCUT2D eigenvalue weighted by atomic mass is 35.5. The minimum absolute atomic E-state index is 0.0747. The molecule has 2 aromatic rings. The highest BCUT2D eigenvalue weighted by Gasteiger charge is 2.30. The smallest absolute Gasteiger partial charge is 0.287 e. The molecule has 0 saturated carbocycles. The fraction of sp³-hybridized carbons (Fsp3) is 0.455. The second-order valence-corrected chi connectivity index (χ2v) is 10.5. The lowest BCUT2D eigenvalue weighted by atomic mass is 10.0. The number of hydrogen-bond donors (Lipinski definition) is 1. The summed E-state index contributed by atoms with van der Waals surface area (Å²) >= 11 is 6.26. The molecular weight excluding hydrogens is 454 g/mol. The van der Waals surface area contributed by atoms with Crippen molar-refractivity contribution in [3.8, 4) is 0 Å². The standard InChI is InChI=1S/C22H26ClN3O5S/c1-15-4-7-20(31-15)21(27)24-16-8-12-25(13-9-16)22(28)18-14-17(5-6-19(18)23)32(29,30)26-10-2-3-11-26/h4-7,14,16H,2-3,8-13H2,1H3,(H,24,27).